The van der Waals surface area contributed by atoms with Crippen molar-refractivity contribution in [2.75, 3.05) is 13.1 Å². The first-order valence-corrected chi connectivity index (χ1v) is 12.1. The summed E-state index contributed by atoms with van der Waals surface area (Å²) in [5.41, 5.74) is 5.90. The number of aryl methyl sites for hydroxylation is 2. The molecular weight excluding hydrogens is 468 g/mol. The predicted molar refractivity (Wildman–Crippen MR) is 131 cm³/mol. The number of amides is 1. The third-order valence-electron chi connectivity index (χ3n) is 6.65. The number of halogens is 1. The van der Waals surface area contributed by atoms with Crippen LogP contribution in [-0.2, 0) is 6.54 Å². The lowest BCUT2D eigenvalue weighted by Gasteiger charge is -2.34. The van der Waals surface area contributed by atoms with Gasteiger partial charge in [-0.25, -0.2) is 0 Å². The molecule has 0 spiro atoms. The van der Waals surface area contributed by atoms with Crippen LogP contribution < -0.4 is 10.9 Å². The van der Waals surface area contributed by atoms with Crippen molar-refractivity contribution < 1.29 is 4.79 Å². The van der Waals surface area contributed by atoms with Crippen molar-refractivity contribution in [2.24, 2.45) is 0 Å². The number of hydrogen-bond acceptors (Lipinski definition) is 3. The van der Waals surface area contributed by atoms with Crippen LogP contribution in [0.5, 0.6) is 0 Å². The molecule has 0 radical (unpaired) electrons. The molecule has 1 aliphatic heterocycles. The number of carbonyl (C=O) groups excluding carboxylic acids is 1. The zero-order valence-corrected chi connectivity index (χ0v) is 20.8. The number of aromatic nitrogens is 2. The highest BCUT2D eigenvalue weighted by molar-refractivity contribution is 9.10. The van der Waals surface area contributed by atoms with Gasteiger partial charge in [0.2, 0.25) is 0 Å². The van der Waals surface area contributed by atoms with E-state index in [1.165, 1.54) is 19.3 Å². The number of likely N-dealkylation sites (tertiary alicyclic amines) is 1. The summed E-state index contributed by atoms with van der Waals surface area (Å²) in [5, 5.41) is 2.98. The zero-order chi connectivity index (χ0) is 23.0. The van der Waals surface area contributed by atoms with E-state index in [0.29, 0.717) is 11.1 Å². The second kappa shape index (κ2) is 9.24. The van der Waals surface area contributed by atoms with Gasteiger partial charge in [-0.15, -0.1) is 0 Å². The fraction of sp³-hybridized carbons (Fsp3) is 0.440. The molecule has 2 N–H and O–H groups in total. The van der Waals surface area contributed by atoms with E-state index in [1.54, 1.807) is 0 Å². The Balaban J connectivity index is 1.69. The Kier molecular flexibility index (Phi) is 6.58. The van der Waals surface area contributed by atoms with Crippen molar-refractivity contribution >= 4 is 27.4 Å². The Bertz CT molecular complexity index is 1220. The predicted octanol–water partition coefficient (Wildman–Crippen LogP) is 4.79. The standard InChI is InChI=1S/C25H31BrN4O2/c1-15-10-16(2)28-25(32)22(15)13-27-24(31)21-12-20-11-19(26)14-30(20)23(17(21)3)18(4)29-8-6-5-7-9-29/h10-12,14,18H,5-9,13H2,1-4H3,(H,27,31)(H,28,32). The third kappa shape index (κ3) is 4.41. The summed E-state index contributed by atoms with van der Waals surface area (Å²) in [6.07, 6.45) is 5.79. The van der Waals surface area contributed by atoms with Gasteiger partial charge in [0.05, 0.1) is 0 Å². The molecule has 6 nitrogen and oxygen atoms in total. The van der Waals surface area contributed by atoms with Gasteiger partial charge in [-0.05, 0) is 98.9 Å². The Morgan fingerprint density at radius 2 is 1.88 bits per heavy atom. The molecule has 4 rings (SSSR count). The number of pyridine rings is 2. The average molecular weight is 499 g/mol. The smallest absolute Gasteiger partial charge is 0.253 e. The van der Waals surface area contributed by atoms with Gasteiger partial charge in [-0.2, -0.15) is 0 Å². The molecule has 4 heterocycles. The molecule has 1 saturated heterocycles. The highest BCUT2D eigenvalue weighted by Crippen LogP contribution is 2.31. The van der Waals surface area contributed by atoms with Crippen molar-refractivity contribution in [3.8, 4) is 0 Å². The van der Waals surface area contributed by atoms with Gasteiger partial charge in [-0.3, -0.25) is 14.5 Å². The number of H-pyrrole nitrogens is 1. The van der Waals surface area contributed by atoms with Gasteiger partial charge in [0.1, 0.15) is 0 Å². The first-order valence-electron chi connectivity index (χ1n) is 11.3. The van der Waals surface area contributed by atoms with Crippen LogP contribution in [-0.4, -0.2) is 33.3 Å². The van der Waals surface area contributed by atoms with Crippen molar-refractivity contribution in [1.82, 2.24) is 19.6 Å². The molecule has 170 valence electrons. The van der Waals surface area contributed by atoms with Crippen LogP contribution in [0, 0.1) is 20.8 Å². The van der Waals surface area contributed by atoms with Crippen LogP contribution in [0.3, 0.4) is 0 Å². The van der Waals surface area contributed by atoms with Gasteiger partial charge in [-0.1, -0.05) is 6.42 Å². The summed E-state index contributed by atoms with van der Waals surface area (Å²) in [6, 6.07) is 6.11. The maximum absolute atomic E-state index is 13.3. The molecule has 1 unspecified atom stereocenters. The summed E-state index contributed by atoms with van der Waals surface area (Å²) in [5.74, 6) is -0.159. The van der Waals surface area contributed by atoms with Crippen LogP contribution >= 0.6 is 15.9 Å². The molecule has 3 aromatic heterocycles. The zero-order valence-electron chi connectivity index (χ0n) is 19.2. The monoisotopic (exact) mass is 498 g/mol. The lowest BCUT2D eigenvalue weighted by molar-refractivity contribution is 0.0949. The first-order chi connectivity index (χ1) is 15.3. The minimum Gasteiger partial charge on any atom is -0.348 e. The quantitative estimate of drug-likeness (QED) is 0.531. The highest BCUT2D eigenvalue weighted by atomic mass is 79.9. The van der Waals surface area contributed by atoms with Crippen LogP contribution in [0.4, 0.5) is 0 Å². The molecule has 0 bridgehead atoms. The maximum atomic E-state index is 13.3. The number of fused-ring (bicyclic) bond motifs is 1. The molecule has 0 saturated carbocycles. The SMILES string of the molecule is Cc1cc(C)c(CNC(=O)c2cc3cc(Br)cn3c(C(C)N3CCCCC3)c2C)c(=O)[nH]1. The summed E-state index contributed by atoms with van der Waals surface area (Å²) in [6.45, 7) is 10.4. The van der Waals surface area contributed by atoms with Crippen molar-refractivity contribution in [3.63, 3.8) is 0 Å². The van der Waals surface area contributed by atoms with Gasteiger partial charge in [0.25, 0.3) is 11.5 Å². The number of carbonyl (C=O) groups is 1. The molecule has 0 aromatic carbocycles. The molecule has 1 aliphatic rings. The lowest BCUT2D eigenvalue weighted by atomic mass is 9.99. The fourth-order valence-corrected chi connectivity index (χ4v) is 5.37. The van der Waals surface area contributed by atoms with E-state index in [4.69, 9.17) is 0 Å². The number of aromatic amines is 1. The number of piperidine rings is 1. The van der Waals surface area contributed by atoms with Crippen LogP contribution in [0.25, 0.3) is 5.52 Å². The van der Waals surface area contributed by atoms with Crippen molar-refractivity contribution in [3.05, 3.63) is 72.9 Å². The second-order valence-corrected chi connectivity index (χ2v) is 9.84. The van der Waals surface area contributed by atoms with E-state index in [2.05, 4.69) is 48.7 Å². The summed E-state index contributed by atoms with van der Waals surface area (Å²) >= 11 is 3.60. The Morgan fingerprint density at radius 1 is 1.16 bits per heavy atom. The molecule has 1 fully saturated rings. The largest absolute Gasteiger partial charge is 0.348 e. The number of rotatable bonds is 5. The molecule has 1 amide bonds. The van der Waals surface area contributed by atoms with E-state index in [1.807, 2.05) is 39.0 Å². The third-order valence-corrected chi connectivity index (χ3v) is 7.09. The molecular formula is C25H31BrN4O2. The van der Waals surface area contributed by atoms with Gasteiger partial charge in [0, 0.05) is 51.3 Å². The van der Waals surface area contributed by atoms with E-state index < -0.39 is 0 Å². The Labute approximate surface area is 197 Å². The molecule has 32 heavy (non-hydrogen) atoms. The van der Waals surface area contributed by atoms with Crippen LogP contribution in [0.2, 0.25) is 0 Å². The molecule has 0 aliphatic carbocycles. The minimum atomic E-state index is -0.159. The van der Waals surface area contributed by atoms with Crippen molar-refractivity contribution in [1.29, 1.82) is 0 Å². The first kappa shape index (κ1) is 22.8. The minimum absolute atomic E-state index is 0.148. The fourth-order valence-electron chi connectivity index (χ4n) is 4.93. The lowest BCUT2D eigenvalue weighted by Crippen LogP contribution is -2.34. The van der Waals surface area contributed by atoms with E-state index in [-0.39, 0.29) is 24.1 Å². The highest BCUT2D eigenvalue weighted by Gasteiger charge is 2.25. The summed E-state index contributed by atoms with van der Waals surface area (Å²) in [4.78, 5) is 31.0. The molecule has 3 aromatic rings. The van der Waals surface area contributed by atoms with E-state index >= 15 is 0 Å². The van der Waals surface area contributed by atoms with Crippen LogP contribution in [0.15, 0.2) is 33.7 Å². The van der Waals surface area contributed by atoms with E-state index in [0.717, 1.165) is 45.6 Å². The van der Waals surface area contributed by atoms with Gasteiger partial charge >= 0.3 is 0 Å². The van der Waals surface area contributed by atoms with Crippen LogP contribution in [0.1, 0.15) is 70.7 Å². The van der Waals surface area contributed by atoms with Crippen molar-refractivity contribution in [2.45, 2.75) is 59.5 Å². The Hall–Kier alpha value is -2.38. The van der Waals surface area contributed by atoms with Gasteiger partial charge in [0.15, 0.2) is 0 Å². The number of nitrogens with one attached hydrogen (secondary N) is 2. The number of nitrogens with zero attached hydrogens (tertiary/aromatic N) is 2. The van der Waals surface area contributed by atoms with Gasteiger partial charge < -0.3 is 14.7 Å². The maximum Gasteiger partial charge on any atom is 0.253 e. The molecule has 7 heteroatoms. The van der Waals surface area contributed by atoms with E-state index in [9.17, 15) is 9.59 Å². The average Bonchev–Trinajstić information content (AvgIpc) is 3.12. The second-order valence-electron chi connectivity index (χ2n) is 8.92. The normalized spacial score (nSPS) is 15.8. The molecule has 1 atom stereocenters. The number of hydrogen-bond donors (Lipinski definition) is 2. The topological polar surface area (TPSA) is 69.6 Å². The Morgan fingerprint density at radius 3 is 2.56 bits per heavy atom. The summed E-state index contributed by atoms with van der Waals surface area (Å²) < 4.78 is 3.19. The summed E-state index contributed by atoms with van der Waals surface area (Å²) in [7, 11) is 0.